The van der Waals surface area contributed by atoms with Gasteiger partial charge in [0, 0.05) is 23.2 Å². The Morgan fingerprint density at radius 2 is 2.30 bits per heavy atom. The second-order valence-corrected chi connectivity index (χ2v) is 5.34. The van der Waals surface area contributed by atoms with Crippen molar-refractivity contribution >= 4 is 34.5 Å². The molecule has 1 N–H and O–H groups in total. The molecule has 0 saturated heterocycles. The second-order valence-electron chi connectivity index (χ2n) is 3.99. The molecule has 0 aliphatic carbocycles. The lowest BCUT2D eigenvalue weighted by Gasteiger charge is -2.05. The van der Waals surface area contributed by atoms with Crippen LogP contribution in [-0.4, -0.2) is 15.8 Å². The summed E-state index contributed by atoms with van der Waals surface area (Å²) < 4.78 is 0. The van der Waals surface area contributed by atoms with Gasteiger partial charge in [-0.15, -0.1) is 11.3 Å². The summed E-state index contributed by atoms with van der Waals surface area (Å²) >= 11 is 7.33. The molecule has 1 aromatic carbocycles. The molecule has 0 aliphatic rings. The molecule has 1 amide bonds. The van der Waals surface area contributed by atoms with Crippen LogP contribution in [0.15, 0.2) is 23.6 Å². The van der Waals surface area contributed by atoms with Gasteiger partial charge in [0.15, 0.2) is 0 Å². The molecule has 0 saturated carbocycles. The fourth-order valence-corrected chi connectivity index (χ4v) is 2.51. The van der Waals surface area contributed by atoms with Gasteiger partial charge >= 0.3 is 0 Å². The van der Waals surface area contributed by atoms with Gasteiger partial charge in [0.05, 0.1) is 22.1 Å². The van der Waals surface area contributed by atoms with Crippen LogP contribution < -0.4 is 5.32 Å². The molecule has 0 radical (unpaired) electrons. The maximum absolute atomic E-state index is 11.9. The summed E-state index contributed by atoms with van der Waals surface area (Å²) in [4.78, 5) is 26.2. The first kappa shape index (κ1) is 14.4. The van der Waals surface area contributed by atoms with Crippen LogP contribution in [0, 0.1) is 17.0 Å². The topological polar surface area (TPSA) is 85.1 Å². The van der Waals surface area contributed by atoms with E-state index < -0.39 is 10.8 Å². The van der Waals surface area contributed by atoms with E-state index in [1.165, 1.54) is 23.5 Å². The number of nitrogens with zero attached hydrogens (tertiary/aromatic N) is 2. The molecule has 0 fully saturated rings. The molecule has 1 aromatic heterocycles. The van der Waals surface area contributed by atoms with E-state index >= 15 is 0 Å². The fourth-order valence-electron chi connectivity index (χ4n) is 1.54. The zero-order chi connectivity index (χ0) is 14.7. The Morgan fingerprint density at radius 1 is 1.55 bits per heavy atom. The zero-order valence-electron chi connectivity index (χ0n) is 10.4. The minimum Gasteiger partial charge on any atom is -0.345 e. The molecule has 0 aliphatic heterocycles. The SMILES string of the molecule is Cc1csc(CNC(=O)c2ccc([N+](=O)[O-])cc2Cl)n1. The number of non-ortho nitro benzene ring substituents is 1. The highest BCUT2D eigenvalue weighted by Gasteiger charge is 2.15. The van der Waals surface area contributed by atoms with Crippen molar-refractivity contribution in [3.05, 3.63) is 55.0 Å². The molecule has 20 heavy (non-hydrogen) atoms. The van der Waals surface area contributed by atoms with Crippen molar-refractivity contribution in [2.24, 2.45) is 0 Å². The van der Waals surface area contributed by atoms with Gasteiger partial charge in [-0.3, -0.25) is 14.9 Å². The molecule has 0 atom stereocenters. The third-order valence-corrected chi connectivity index (χ3v) is 3.75. The van der Waals surface area contributed by atoms with Crippen molar-refractivity contribution in [1.82, 2.24) is 10.3 Å². The lowest BCUT2D eigenvalue weighted by molar-refractivity contribution is -0.384. The molecule has 2 rings (SSSR count). The van der Waals surface area contributed by atoms with E-state index in [1.54, 1.807) is 0 Å². The van der Waals surface area contributed by atoms with Crippen molar-refractivity contribution in [1.29, 1.82) is 0 Å². The number of nitrogens with one attached hydrogen (secondary N) is 1. The Kier molecular flexibility index (Phi) is 4.31. The average Bonchev–Trinajstić information content (AvgIpc) is 2.81. The number of hydrogen-bond acceptors (Lipinski definition) is 5. The smallest absolute Gasteiger partial charge is 0.270 e. The number of amides is 1. The molecule has 0 spiro atoms. The van der Waals surface area contributed by atoms with Crippen LogP contribution in [0.4, 0.5) is 5.69 Å². The molecule has 1 heterocycles. The number of benzene rings is 1. The monoisotopic (exact) mass is 311 g/mol. The number of halogens is 1. The number of hydrogen-bond donors (Lipinski definition) is 1. The fraction of sp³-hybridized carbons (Fsp3) is 0.167. The Labute approximate surface area is 123 Å². The van der Waals surface area contributed by atoms with Gasteiger partial charge in [-0.1, -0.05) is 11.6 Å². The molecule has 2 aromatic rings. The third-order valence-electron chi connectivity index (χ3n) is 2.47. The van der Waals surface area contributed by atoms with Crippen LogP contribution in [0.1, 0.15) is 21.1 Å². The second kappa shape index (κ2) is 5.98. The highest BCUT2D eigenvalue weighted by Crippen LogP contribution is 2.22. The van der Waals surface area contributed by atoms with E-state index in [0.717, 1.165) is 16.8 Å². The van der Waals surface area contributed by atoms with E-state index in [-0.39, 0.29) is 16.3 Å². The highest BCUT2D eigenvalue weighted by atomic mass is 35.5. The maximum Gasteiger partial charge on any atom is 0.270 e. The van der Waals surface area contributed by atoms with Crippen molar-refractivity contribution in [3.63, 3.8) is 0 Å². The van der Waals surface area contributed by atoms with Crippen LogP contribution in [0.25, 0.3) is 0 Å². The number of rotatable bonds is 4. The molecule has 104 valence electrons. The zero-order valence-corrected chi connectivity index (χ0v) is 12.0. The largest absolute Gasteiger partial charge is 0.345 e. The number of aryl methyl sites for hydroxylation is 1. The standard InChI is InChI=1S/C12H10ClN3O3S/c1-7-6-20-11(15-7)5-14-12(17)9-3-2-8(16(18)19)4-10(9)13/h2-4,6H,5H2,1H3,(H,14,17). The van der Waals surface area contributed by atoms with Gasteiger partial charge in [0.25, 0.3) is 11.6 Å². The van der Waals surface area contributed by atoms with Crippen LogP contribution in [0.5, 0.6) is 0 Å². The molecular weight excluding hydrogens is 302 g/mol. The number of nitro benzene ring substituents is 1. The van der Waals surface area contributed by atoms with Crippen molar-refractivity contribution in [2.45, 2.75) is 13.5 Å². The molecule has 0 bridgehead atoms. The summed E-state index contributed by atoms with van der Waals surface area (Å²) in [6.07, 6.45) is 0. The van der Waals surface area contributed by atoms with E-state index in [2.05, 4.69) is 10.3 Å². The lowest BCUT2D eigenvalue weighted by atomic mass is 10.2. The van der Waals surface area contributed by atoms with Crippen LogP contribution in [0.3, 0.4) is 0 Å². The van der Waals surface area contributed by atoms with Gasteiger partial charge < -0.3 is 5.32 Å². The van der Waals surface area contributed by atoms with E-state index in [1.807, 2.05) is 12.3 Å². The lowest BCUT2D eigenvalue weighted by Crippen LogP contribution is -2.23. The average molecular weight is 312 g/mol. The summed E-state index contributed by atoms with van der Waals surface area (Å²) in [6.45, 7) is 2.17. The first-order valence-corrected chi connectivity index (χ1v) is 6.86. The molecular formula is C12H10ClN3O3S. The predicted molar refractivity (Wildman–Crippen MR) is 76.1 cm³/mol. The van der Waals surface area contributed by atoms with Crippen molar-refractivity contribution in [2.75, 3.05) is 0 Å². The van der Waals surface area contributed by atoms with Gasteiger partial charge in [0.1, 0.15) is 5.01 Å². The first-order valence-electron chi connectivity index (χ1n) is 5.60. The van der Waals surface area contributed by atoms with E-state index in [9.17, 15) is 14.9 Å². The number of thiazole rings is 1. The van der Waals surface area contributed by atoms with Gasteiger partial charge in [0.2, 0.25) is 0 Å². The summed E-state index contributed by atoms with van der Waals surface area (Å²) in [5, 5.41) is 16.0. The number of carbonyl (C=O) groups is 1. The molecule has 8 heteroatoms. The summed E-state index contributed by atoms with van der Waals surface area (Å²) in [6, 6.07) is 3.74. The van der Waals surface area contributed by atoms with Gasteiger partial charge in [-0.25, -0.2) is 4.98 Å². The Balaban J connectivity index is 2.07. The number of aromatic nitrogens is 1. The van der Waals surface area contributed by atoms with Crippen LogP contribution in [-0.2, 0) is 6.54 Å². The molecule has 6 nitrogen and oxygen atoms in total. The summed E-state index contributed by atoms with van der Waals surface area (Å²) in [5.74, 6) is -0.391. The Morgan fingerprint density at radius 3 is 2.85 bits per heavy atom. The summed E-state index contributed by atoms with van der Waals surface area (Å²) in [5.41, 5.74) is 0.945. The van der Waals surface area contributed by atoms with E-state index in [4.69, 9.17) is 11.6 Å². The Bertz CT molecular complexity index is 672. The van der Waals surface area contributed by atoms with Gasteiger partial charge in [-0.05, 0) is 13.0 Å². The van der Waals surface area contributed by atoms with Crippen molar-refractivity contribution in [3.8, 4) is 0 Å². The summed E-state index contributed by atoms with van der Waals surface area (Å²) in [7, 11) is 0. The van der Waals surface area contributed by atoms with Crippen molar-refractivity contribution < 1.29 is 9.72 Å². The normalized spacial score (nSPS) is 10.3. The van der Waals surface area contributed by atoms with E-state index in [0.29, 0.717) is 6.54 Å². The van der Waals surface area contributed by atoms with Crippen LogP contribution >= 0.6 is 22.9 Å². The predicted octanol–water partition coefficient (Wildman–Crippen LogP) is 2.94. The maximum atomic E-state index is 11.9. The highest BCUT2D eigenvalue weighted by molar-refractivity contribution is 7.09. The van der Waals surface area contributed by atoms with Crippen LogP contribution in [0.2, 0.25) is 5.02 Å². The number of nitro groups is 1. The Hall–Kier alpha value is -1.99. The minimum atomic E-state index is -0.564. The quantitative estimate of drug-likeness (QED) is 0.695. The minimum absolute atomic E-state index is 0.0482. The molecule has 0 unspecified atom stereocenters. The number of carbonyl (C=O) groups excluding carboxylic acids is 1. The third kappa shape index (κ3) is 3.31. The first-order chi connectivity index (χ1) is 9.47. The van der Waals surface area contributed by atoms with Gasteiger partial charge in [-0.2, -0.15) is 0 Å².